The maximum Gasteiger partial charge on any atom is 0.276 e. The van der Waals surface area contributed by atoms with E-state index in [-0.39, 0.29) is 23.1 Å². The van der Waals surface area contributed by atoms with Crippen LogP contribution in [0.3, 0.4) is 0 Å². The lowest BCUT2D eigenvalue weighted by Gasteiger charge is -2.26. The topological polar surface area (TPSA) is 145 Å². The molecule has 2 aliphatic carbocycles. The first kappa shape index (κ1) is 21.4. The van der Waals surface area contributed by atoms with E-state index in [9.17, 15) is 9.59 Å². The van der Waals surface area contributed by atoms with Gasteiger partial charge in [-0.15, -0.1) is 0 Å². The maximum absolute atomic E-state index is 13.2. The molecule has 0 aromatic carbocycles. The molecule has 166 valence electrons. The van der Waals surface area contributed by atoms with Crippen molar-refractivity contribution in [3.8, 4) is 0 Å². The number of rotatable bonds is 9. The quantitative estimate of drug-likeness (QED) is 0.379. The molecule has 2 aromatic rings. The Bertz CT molecular complexity index is 1050. The number of nitrogens with zero attached hydrogens (tertiary/aromatic N) is 3. The van der Waals surface area contributed by atoms with Crippen molar-refractivity contribution in [2.24, 2.45) is 0 Å². The molecule has 32 heavy (non-hydrogen) atoms. The smallest absolute Gasteiger partial charge is 0.276 e. The van der Waals surface area contributed by atoms with Crippen molar-refractivity contribution >= 4 is 28.9 Å². The van der Waals surface area contributed by atoms with E-state index in [2.05, 4.69) is 36.2 Å². The molecule has 0 spiro atoms. The second-order valence-corrected chi connectivity index (χ2v) is 7.94. The normalized spacial score (nSPS) is 16.0. The molecule has 0 atom stereocenters. The van der Waals surface area contributed by atoms with Gasteiger partial charge in [-0.1, -0.05) is 0 Å². The van der Waals surface area contributed by atoms with E-state index in [1.807, 2.05) is 6.07 Å². The highest BCUT2D eigenvalue weighted by Crippen LogP contribution is 2.39. The fourth-order valence-corrected chi connectivity index (χ4v) is 3.30. The Kier molecular flexibility index (Phi) is 6.39. The van der Waals surface area contributed by atoms with E-state index < -0.39 is 11.8 Å². The molecule has 5 N–H and O–H groups in total. The van der Waals surface area contributed by atoms with E-state index in [1.54, 1.807) is 25.5 Å². The van der Waals surface area contributed by atoms with Gasteiger partial charge in [-0.3, -0.25) is 15.0 Å². The molecule has 10 nitrogen and oxygen atoms in total. The number of carbonyl (C=O) groups is 2. The minimum Gasteiger partial charge on any atom is -0.392 e. The summed E-state index contributed by atoms with van der Waals surface area (Å²) in [6.45, 7) is 0. The number of aromatic nitrogens is 3. The molecule has 2 aromatic heterocycles. The predicted molar refractivity (Wildman–Crippen MR) is 120 cm³/mol. The van der Waals surface area contributed by atoms with Gasteiger partial charge in [-0.2, -0.15) is 0 Å². The van der Waals surface area contributed by atoms with Crippen LogP contribution in [0.25, 0.3) is 0 Å². The Balaban J connectivity index is 1.55. The van der Waals surface area contributed by atoms with Gasteiger partial charge in [0.2, 0.25) is 0 Å². The van der Waals surface area contributed by atoms with Crippen LogP contribution in [0.4, 0.5) is 11.4 Å². The van der Waals surface area contributed by atoms with Gasteiger partial charge in [0.1, 0.15) is 12.0 Å². The van der Waals surface area contributed by atoms with Gasteiger partial charge in [0.25, 0.3) is 11.8 Å². The minimum absolute atomic E-state index is 0.0712. The molecule has 2 fully saturated rings. The van der Waals surface area contributed by atoms with Gasteiger partial charge in [0, 0.05) is 30.9 Å². The zero-order valence-electron chi connectivity index (χ0n) is 17.8. The Labute approximate surface area is 185 Å². The summed E-state index contributed by atoms with van der Waals surface area (Å²) in [7, 11) is 1.64. The molecule has 2 saturated carbocycles. The summed E-state index contributed by atoms with van der Waals surface area (Å²) in [6.07, 6.45) is 11.0. The van der Waals surface area contributed by atoms with E-state index in [0.717, 1.165) is 37.8 Å². The van der Waals surface area contributed by atoms with Crippen molar-refractivity contribution in [1.29, 1.82) is 5.41 Å². The highest BCUT2D eigenvalue weighted by Gasteiger charge is 2.28. The van der Waals surface area contributed by atoms with Crippen LogP contribution in [-0.2, 0) is 4.79 Å². The Hall–Kier alpha value is -3.82. The Morgan fingerprint density at radius 2 is 1.88 bits per heavy atom. The molecule has 0 bridgehead atoms. The van der Waals surface area contributed by atoms with Crippen LogP contribution in [0.15, 0.2) is 42.8 Å². The summed E-state index contributed by atoms with van der Waals surface area (Å²) in [6, 6.07) is 3.80. The van der Waals surface area contributed by atoms with Crippen molar-refractivity contribution in [1.82, 2.24) is 30.9 Å². The van der Waals surface area contributed by atoms with Crippen LogP contribution in [-0.4, -0.2) is 45.6 Å². The lowest BCUT2D eigenvalue weighted by Crippen LogP contribution is -2.45. The number of hydrogen-bond donors (Lipinski definition) is 5. The number of hydrogen-bond acceptors (Lipinski definition) is 8. The van der Waals surface area contributed by atoms with Crippen LogP contribution in [0, 0.1) is 5.41 Å². The first-order chi connectivity index (χ1) is 15.5. The third kappa shape index (κ3) is 5.08. The summed E-state index contributed by atoms with van der Waals surface area (Å²) >= 11 is 0. The van der Waals surface area contributed by atoms with Gasteiger partial charge in [0.15, 0.2) is 5.69 Å². The molecule has 4 rings (SSSR count). The van der Waals surface area contributed by atoms with Crippen molar-refractivity contribution in [3.05, 3.63) is 54.1 Å². The van der Waals surface area contributed by atoms with E-state index in [0.29, 0.717) is 17.3 Å². The third-order valence-electron chi connectivity index (χ3n) is 5.44. The van der Waals surface area contributed by atoms with Crippen LogP contribution < -0.4 is 21.3 Å². The maximum atomic E-state index is 13.2. The molecular formula is C22H26N8O2. The van der Waals surface area contributed by atoms with Gasteiger partial charge >= 0.3 is 0 Å². The molecule has 0 saturated heterocycles. The fourth-order valence-electron chi connectivity index (χ4n) is 3.30. The summed E-state index contributed by atoms with van der Waals surface area (Å²) in [5.41, 5.74) is 1.87. The zero-order chi connectivity index (χ0) is 22.5. The summed E-state index contributed by atoms with van der Waals surface area (Å²) < 4.78 is 0. The molecule has 0 aliphatic heterocycles. The molecule has 2 amide bonds. The molecule has 0 radical (unpaired) electrons. The molecule has 10 heteroatoms. The average molecular weight is 435 g/mol. The fraction of sp³-hybridized carbons (Fsp3) is 0.364. The van der Waals surface area contributed by atoms with Crippen LogP contribution in [0.2, 0.25) is 0 Å². The number of nitrogens with one attached hydrogen (secondary N) is 5. The standard InChI is InChI=1S/C22H26N8O2/c1-24-11-18(19(23)21(31)28-14-3-2-4-14)30-22(32)20-17(27-15-9-25-12-26-10-15)8-7-16(29-20)13-5-6-13/h7-14,23-24,27H,2-6H2,1H3,(H,28,31)(H,30,32)/b18-11+,23-19?. The molecular weight excluding hydrogens is 408 g/mol. The van der Waals surface area contributed by atoms with Crippen molar-refractivity contribution in [3.63, 3.8) is 0 Å². The Morgan fingerprint density at radius 1 is 1.12 bits per heavy atom. The number of carbonyl (C=O) groups excluding carboxylic acids is 2. The third-order valence-corrected chi connectivity index (χ3v) is 5.44. The van der Waals surface area contributed by atoms with E-state index in [1.165, 1.54) is 12.5 Å². The van der Waals surface area contributed by atoms with Crippen molar-refractivity contribution in [2.75, 3.05) is 12.4 Å². The highest BCUT2D eigenvalue weighted by atomic mass is 16.2. The van der Waals surface area contributed by atoms with Crippen molar-refractivity contribution in [2.45, 2.75) is 44.1 Å². The first-order valence-corrected chi connectivity index (χ1v) is 10.7. The van der Waals surface area contributed by atoms with Crippen LogP contribution in [0.1, 0.15) is 54.2 Å². The minimum atomic E-state index is -0.519. The second-order valence-electron chi connectivity index (χ2n) is 7.94. The first-order valence-electron chi connectivity index (χ1n) is 10.7. The van der Waals surface area contributed by atoms with Crippen molar-refractivity contribution < 1.29 is 9.59 Å². The zero-order valence-corrected chi connectivity index (χ0v) is 17.8. The lowest BCUT2D eigenvalue weighted by atomic mass is 9.93. The van der Waals surface area contributed by atoms with E-state index in [4.69, 9.17) is 5.41 Å². The molecule has 2 aliphatic rings. The summed E-state index contributed by atoms with van der Waals surface area (Å²) in [4.78, 5) is 38.2. The van der Waals surface area contributed by atoms with Crippen LogP contribution in [0.5, 0.6) is 0 Å². The lowest BCUT2D eigenvalue weighted by molar-refractivity contribution is -0.116. The van der Waals surface area contributed by atoms with Gasteiger partial charge in [0.05, 0.1) is 29.5 Å². The summed E-state index contributed by atoms with van der Waals surface area (Å²) in [5, 5.41) is 19.7. The number of pyridine rings is 1. The SMILES string of the molecule is CN/C=C(/NC(=O)c1nc(C2CC2)ccc1Nc1cncnc1)C(=N)C(=O)NC1CCC1. The second kappa shape index (κ2) is 9.54. The van der Waals surface area contributed by atoms with Gasteiger partial charge in [-0.05, 0) is 44.2 Å². The molecule has 2 heterocycles. The van der Waals surface area contributed by atoms with Crippen LogP contribution >= 0.6 is 0 Å². The van der Waals surface area contributed by atoms with Gasteiger partial charge < -0.3 is 21.3 Å². The average Bonchev–Trinajstić information content (AvgIpc) is 3.61. The highest BCUT2D eigenvalue weighted by molar-refractivity contribution is 6.44. The largest absolute Gasteiger partial charge is 0.392 e. The van der Waals surface area contributed by atoms with Gasteiger partial charge in [-0.25, -0.2) is 15.0 Å². The summed E-state index contributed by atoms with van der Waals surface area (Å²) in [5.74, 6) is -0.681. The molecule has 0 unspecified atom stereocenters. The number of anilines is 2. The predicted octanol–water partition coefficient (Wildman–Crippen LogP) is 1.97. The monoisotopic (exact) mass is 434 g/mol. The van der Waals surface area contributed by atoms with E-state index >= 15 is 0 Å². The Morgan fingerprint density at radius 3 is 2.50 bits per heavy atom. The number of amides is 2.